The van der Waals surface area contributed by atoms with Crippen molar-refractivity contribution in [2.24, 2.45) is 0 Å². The van der Waals surface area contributed by atoms with Crippen molar-refractivity contribution < 1.29 is 9.47 Å². The van der Waals surface area contributed by atoms with Gasteiger partial charge in [-0.2, -0.15) is 0 Å². The summed E-state index contributed by atoms with van der Waals surface area (Å²) in [6, 6.07) is 11.6. The van der Waals surface area contributed by atoms with E-state index in [1.807, 2.05) is 43.3 Å². The van der Waals surface area contributed by atoms with Crippen molar-refractivity contribution in [3.05, 3.63) is 48.2 Å². The Bertz CT molecular complexity index is 558. The second kappa shape index (κ2) is 8.27. The zero-order chi connectivity index (χ0) is 14.9. The summed E-state index contributed by atoms with van der Waals surface area (Å²) in [5, 5.41) is 3.37. The van der Waals surface area contributed by atoms with Crippen molar-refractivity contribution in [2.45, 2.75) is 26.8 Å². The highest BCUT2D eigenvalue weighted by molar-refractivity contribution is 5.41. The summed E-state index contributed by atoms with van der Waals surface area (Å²) in [5.41, 5.74) is 1.15. The predicted octanol–water partition coefficient (Wildman–Crippen LogP) is 3.77. The second-order valence-electron chi connectivity index (χ2n) is 4.66. The SMILES string of the molecule is CCCNCc1ccnc(Oc2ccccc2OCC)c1. The molecule has 21 heavy (non-hydrogen) atoms. The molecule has 4 nitrogen and oxygen atoms in total. The fourth-order valence-electron chi connectivity index (χ4n) is 1.95. The highest BCUT2D eigenvalue weighted by Crippen LogP contribution is 2.30. The summed E-state index contributed by atoms with van der Waals surface area (Å²) < 4.78 is 11.4. The number of rotatable bonds is 8. The minimum absolute atomic E-state index is 0.581. The molecule has 0 fully saturated rings. The Morgan fingerprint density at radius 3 is 2.67 bits per heavy atom. The third-order valence-corrected chi connectivity index (χ3v) is 2.92. The minimum atomic E-state index is 0.581. The van der Waals surface area contributed by atoms with Crippen LogP contribution in [0.25, 0.3) is 0 Å². The molecule has 0 aliphatic rings. The van der Waals surface area contributed by atoms with E-state index in [1.165, 1.54) is 0 Å². The van der Waals surface area contributed by atoms with Crippen LogP contribution in [0.4, 0.5) is 0 Å². The van der Waals surface area contributed by atoms with Crippen LogP contribution >= 0.6 is 0 Å². The van der Waals surface area contributed by atoms with Crippen LogP contribution in [-0.4, -0.2) is 18.1 Å². The molecule has 1 heterocycles. The Kier molecular flexibility index (Phi) is 6.03. The lowest BCUT2D eigenvalue weighted by atomic mass is 10.2. The molecule has 1 aromatic heterocycles. The molecule has 0 unspecified atom stereocenters. The van der Waals surface area contributed by atoms with Gasteiger partial charge in [0.2, 0.25) is 5.88 Å². The molecule has 0 bridgehead atoms. The monoisotopic (exact) mass is 286 g/mol. The van der Waals surface area contributed by atoms with Gasteiger partial charge < -0.3 is 14.8 Å². The number of benzene rings is 1. The van der Waals surface area contributed by atoms with Crippen molar-refractivity contribution >= 4 is 0 Å². The molecule has 0 amide bonds. The Balaban J connectivity index is 2.07. The van der Waals surface area contributed by atoms with Crippen LogP contribution in [0.15, 0.2) is 42.6 Å². The van der Waals surface area contributed by atoms with Crippen molar-refractivity contribution in [1.29, 1.82) is 0 Å². The molecule has 0 atom stereocenters. The van der Waals surface area contributed by atoms with Crippen LogP contribution in [0.1, 0.15) is 25.8 Å². The predicted molar refractivity (Wildman–Crippen MR) is 83.9 cm³/mol. The van der Waals surface area contributed by atoms with Crippen molar-refractivity contribution in [3.63, 3.8) is 0 Å². The van der Waals surface area contributed by atoms with Gasteiger partial charge in [0.15, 0.2) is 11.5 Å². The van der Waals surface area contributed by atoms with Crippen molar-refractivity contribution in [2.75, 3.05) is 13.2 Å². The molecular formula is C17H22N2O2. The molecule has 2 rings (SSSR count). The van der Waals surface area contributed by atoms with Crippen LogP contribution < -0.4 is 14.8 Å². The average molecular weight is 286 g/mol. The number of pyridine rings is 1. The summed E-state index contributed by atoms with van der Waals surface area (Å²) in [6.45, 7) is 6.54. The molecule has 0 saturated heterocycles. The molecule has 0 radical (unpaired) electrons. The number of nitrogens with zero attached hydrogens (tertiary/aromatic N) is 1. The Labute approximate surface area is 126 Å². The summed E-state index contributed by atoms with van der Waals surface area (Å²) in [6.07, 6.45) is 2.89. The molecule has 0 aliphatic carbocycles. The lowest BCUT2D eigenvalue weighted by molar-refractivity contribution is 0.319. The Hall–Kier alpha value is -2.07. The minimum Gasteiger partial charge on any atom is -0.490 e. The van der Waals surface area contributed by atoms with Crippen LogP contribution in [-0.2, 0) is 6.54 Å². The summed E-state index contributed by atoms with van der Waals surface area (Å²) in [5.74, 6) is 2.00. The fraction of sp³-hybridized carbons (Fsp3) is 0.353. The number of para-hydroxylation sites is 2. The molecule has 0 spiro atoms. The average Bonchev–Trinajstić information content (AvgIpc) is 2.50. The number of aromatic nitrogens is 1. The van der Waals surface area contributed by atoms with Crippen LogP contribution in [0.3, 0.4) is 0 Å². The first kappa shape index (κ1) is 15.3. The van der Waals surface area contributed by atoms with E-state index < -0.39 is 0 Å². The van der Waals surface area contributed by atoms with Crippen molar-refractivity contribution in [1.82, 2.24) is 10.3 Å². The smallest absolute Gasteiger partial charge is 0.219 e. The number of nitrogens with one attached hydrogen (secondary N) is 1. The van der Waals surface area contributed by atoms with Gasteiger partial charge >= 0.3 is 0 Å². The van der Waals surface area contributed by atoms with Crippen LogP contribution in [0, 0.1) is 0 Å². The normalized spacial score (nSPS) is 10.4. The lowest BCUT2D eigenvalue weighted by Gasteiger charge is -2.11. The number of ether oxygens (including phenoxy) is 2. The van der Waals surface area contributed by atoms with E-state index >= 15 is 0 Å². The first-order valence-electron chi connectivity index (χ1n) is 7.38. The van der Waals surface area contributed by atoms with E-state index in [0.29, 0.717) is 18.2 Å². The molecule has 0 saturated carbocycles. The van der Waals surface area contributed by atoms with Gasteiger partial charge in [-0.25, -0.2) is 4.98 Å². The Morgan fingerprint density at radius 2 is 1.90 bits per heavy atom. The van der Waals surface area contributed by atoms with Gasteiger partial charge in [-0.15, -0.1) is 0 Å². The summed E-state index contributed by atoms with van der Waals surface area (Å²) in [4.78, 5) is 4.26. The highest BCUT2D eigenvalue weighted by Gasteiger charge is 2.06. The van der Waals surface area contributed by atoms with Gasteiger partial charge in [0.05, 0.1) is 6.61 Å². The van der Waals surface area contributed by atoms with E-state index in [0.717, 1.165) is 30.8 Å². The molecule has 4 heteroatoms. The lowest BCUT2D eigenvalue weighted by Crippen LogP contribution is -2.13. The zero-order valence-electron chi connectivity index (χ0n) is 12.6. The maximum atomic E-state index is 5.85. The zero-order valence-corrected chi connectivity index (χ0v) is 12.6. The van der Waals surface area contributed by atoms with Gasteiger partial charge in [-0.1, -0.05) is 19.1 Å². The van der Waals surface area contributed by atoms with E-state index in [9.17, 15) is 0 Å². The molecular weight excluding hydrogens is 264 g/mol. The molecule has 1 N–H and O–H groups in total. The van der Waals surface area contributed by atoms with Gasteiger partial charge in [0, 0.05) is 18.8 Å². The quantitative estimate of drug-likeness (QED) is 0.750. The van der Waals surface area contributed by atoms with E-state index in [1.54, 1.807) is 6.20 Å². The van der Waals surface area contributed by atoms with Gasteiger partial charge in [-0.05, 0) is 43.7 Å². The molecule has 2 aromatic rings. The maximum Gasteiger partial charge on any atom is 0.219 e. The third-order valence-electron chi connectivity index (χ3n) is 2.92. The van der Waals surface area contributed by atoms with Crippen LogP contribution in [0.2, 0.25) is 0 Å². The maximum absolute atomic E-state index is 5.85. The van der Waals surface area contributed by atoms with Crippen LogP contribution in [0.5, 0.6) is 17.4 Å². The number of hydrogen-bond donors (Lipinski definition) is 1. The molecule has 0 aliphatic heterocycles. The molecule has 112 valence electrons. The standard InChI is InChI=1S/C17H22N2O2/c1-3-10-18-13-14-9-11-19-17(12-14)21-16-8-6-5-7-15(16)20-4-2/h5-9,11-12,18H,3-4,10,13H2,1-2H3. The van der Waals surface area contributed by atoms with Gasteiger partial charge in [-0.3, -0.25) is 0 Å². The summed E-state index contributed by atoms with van der Waals surface area (Å²) >= 11 is 0. The Morgan fingerprint density at radius 1 is 1.10 bits per heavy atom. The van der Waals surface area contributed by atoms with Gasteiger partial charge in [0.1, 0.15) is 0 Å². The number of hydrogen-bond acceptors (Lipinski definition) is 4. The fourth-order valence-corrected chi connectivity index (χ4v) is 1.95. The summed E-state index contributed by atoms with van der Waals surface area (Å²) in [7, 11) is 0. The highest BCUT2D eigenvalue weighted by atomic mass is 16.5. The topological polar surface area (TPSA) is 43.4 Å². The van der Waals surface area contributed by atoms with Crippen molar-refractivity contribution in [3.8, 4) is 17.4 Å². The first-order valence-corrected chi connectivity index (χ1v) is 7.38. The third kappa shape index (κ3) is 4.76. The van der Waals surface area contributed by atoms with E-state index in [2.05, 4.69) is 17.2 Å². The first-order chi connectivity index (χ1) is 10.3. The van der Waals surface area contributed by atoms with E-state index in [-0.39, 0.29) is 0 Å². The largest absolute Gasteiger partial charge is 0.490 e. The second-order valence-corrected chi connectivity index (χ2v) is 4.66. The van der Waals surface area contributed by atoms with E-state index in [4.69, 9.17) is 9.47 Å². The molecule has 1 aromatic carbocycles. The van der Waals surface area contributed by atoms with Gasteiger partial charge in [0.25, 0.3) is 0 Å².